The summed E-state index contributed by atoms with van der Waals surface area (Å²) in [6, 6.07) is 70.7. The van der Waals surface area contributed by atoms with Crippen LogP contribution in [0.2, 0.25) is 35.9 Å². The first-order valence-electron chi connectivity index (χ1n) is 44.9. The Bertz CT molecular complexity index is 8150. The number of aromatic amines is 6. The molecule has 22 aromatic rings. The van der Waals surface area contributed by atoms with Gasteiger partial charge in [-0.1, -0.05) is 216 Å². The lowest BCUT2D eigenvalue weighted by Gasteiger charge is -2.28. The van der Waals surface area contributed by atoms with Gasteiger partial charge in [-0.15, -0.1) is 0 Å². The van der Waals surface area contributed by atoms with Crippen molar-refractivity contribution in [3.05, 3.63) is 345 Å². The summed E-state index contributed by atoms with van der Waals surface area (Å²) in [7, 11) is 1.66. The molecule has 1 amide bonds. The minimum absolute atomic E-state index is 0.0774. The number of para-hydroxylation sites is 1. The number of piperazine rings is 1. The molecule has 143 heavy (non-hydrogen) atoms. The number of halogens is 7. The third-order valence-electron chi connectivity index (χ3n) is 22.1. The molecule has 0 saturated carbocycles. The number of benzene rings is 4. The van der Waals surface area contributed by atoms with E-state index in [1.807, 2.05) is 221 Å². The number of hydrogen-bond acceptors (Lipinski definition) is 26. The fourth-order valence-corrected chi connectivity index (χ4v) is 16.1. The number of amides is 1. The van der Waals surface area contributed by atoms with Gasteiger partial charge in [0, 0.05) is 122 Å². The number of H-pyrrole nitrogens is 6. The monoisotopic (exact) mass is 2030 g/mol. The summed E-state index contributed by atoms with van der Waals surface area (Å²) in [5, 5.41) is 22.2. The van der Waals surface area contributed by atoms with Crippen LogP contribution in [-0.4, -0.2) is 165 Å². The number of fused-ring (bicyclic) bond motifs is 6. The number of carbonyl (C=O) groups excluding carboxylic acids is 1. The Balaban J connectivity index is 0.000000113. The molecule has 1 fully saturated rings. The number of hydrogen-bond donors (Lipinski definition) is 12. The molecule has 40 heteroatoms. The molecule has 714 valence electrons. The van der Waals surface area contributed by atoms with Gasteiger partial charge < -0.3 is 71.4 Å². The minimum atomic E-state index is -0.108. The fourth-order valence-electron chi connectivity index (χ4n) is 15.1. The molecular formula is C103H86Cl7N31O2. The predicted molar refractivity (Wildman–Crippen MR) is 569 cm³/mol. The number of aromatic nitrogens is 24. The highest BCUT2D eigenvalue weighted by molar-refractivity contribution is 6.33. The SMILES string of the molecule is CC(C)C(=O)Nc1cccc(-c2c[nH]c3ncc(Cl)nc23)n1.COc1ccc(CNc2cccc(-c3c[nH]c4ncc(Cl)nc34)n2)cc1.Clc1cnc2[nH]cc(-c3cccc(N4CCNCC4)n3)c2n1.Clc1cnc2[nH]cc(-c3cccc(NCCc4ccccc4)n3)c2n1.Clc1cnc2[nH]cc(-c3cccc(NCc4ccccc4)n3)c2n1.Clc1cnc2[nH]cc(-c3cccc(Nc4ccccc4Cl)n3)c2n1. The maximum Gasteiger partial charge on any atom is 0.228 e. The van der Waals surface area contributed by atoms with E-state index in [0.29, 0.717) is 110 Å². The lowest BCUT2D eigenvalue weighted by Crippen LogP contribution is -2.43. The first kappa shape index (κ1) is 97.0. The van der Waals surface area contributed by atoms with Crippen molar-refractivity contribution in [1.82, 2.24) is 125 Å². The Morgan fingerprint density at radius 2 is 0.664 bits per heavy atom. The maximum atomic E-state index is 11.8. The fraction of sp³-hybridized carbons (Fsp3) is 0.117. The number of ether oxygens (including phenoxy) is 1. The van der Waals surface area contributed by atoms with Crippen molar-refractivity contribution in [3.63, 3.8) is 0 Å². The van der Waals surface area contributed by atoms with Crippen LogP contribution in [0.15, 0.2) is 293 Å². The molecule has 0 bridgehead atoms. The van der Waals surface area contributed by atoms with E-state index in [-0.39, 0.29) is 11.8 Å². The normalized spacial score (nSPS) is 11.6. The molecule has 33 nitrogen and oxygen atoms in total. The number of pyridine rings is 6. The number of methoxy groups -OCH3 is 1. The van der Waals surface area contributed by atoms with Crippen LogP contribution >= 0.6 is 81.2 Å². The molecule has 1 aliphatic heterocycles. The Labute approximate surface area is 852 Å². The van der Waals surface area contributed by atoms with Crippen molar-refractivity contribution in [2.24, 2.45) is 5.92 Å². The van der Waals surface area contributed by atoms with E-state index in [1.54, 1.807) is 19.4 Å². The number of rotatable bonds is 22. The summed E-state index contributed by atoms with van der Waals surface area (Å²) in [5.74, 6) is 5.25. The largest absolute Gasteiger partial charge is 0.497 e. The van der Waals surface area contributed by atoms with Gasteiger partial charge in [0.05, 0.1) is 89.2 Å². The van der Waals surface area contributed by atoms with Gasteiger partial charge in [-0.2, -0.15) is 0 Å². The van der Waals surface area contributed by atoms with Crippen LogP contribution in [0.5, 0.6) is 5.75 Å². The van der Waals surface area contributed by atoms with Crippen molar-refractivity contribution >= 4 is 195 Å². The van der Waals surface area contributed by atoms with Crippen molar-refractivity contribution in [3.8, 4) is 73.3 Å². The second kappa shape index (κ2) is 46.2. The molecule has 1 aliphatic rings. The third-order valence-corrected chi connectivity index (χ3v) is 23.5. The smallest absolute Gasteiger partial charge is 0.228 e. The van der Waals surface area contributed by atoms with E-state index in [2.05, 4.69) is 188 Å². The Kier molecular flexibility index (Phi) is 31.4. The lowest BCUT2D eigenvalue weighted by atomic mass is 10.1. The molecule has 1 saturated heterocycles. The van der Waals surface area contributed by atoms with E-state index in [0.717, 1.165) is 164 Å². The van der Waals surface area contributed by atoms with Crippen molar-refractivity contribution in [2.45, 2.75) is 33.4 Å². The Hall–Kier alpha value is -16.2. The summed E-state index contributed by atoms with van der Waals surface area (Å²) in [6.45, 7) is 9.77. The van der Waals surface area contributed by atoms with Gasteiger partial charge in [0.2, 0.25) is 5.91 Å². The second-order valence-electron chi connectivity index (χ2n) is 32.2. The molecule has 0 atom stereocenters. The molecule has 0 aliphatic carbocycles. The van der Waals surface area contributed by atoms with Crippen molar-refractivity contribution in [1.29, 1.82) is 0 Å². The highest BCUT2D eigenvalue weighted by atomic mass is 35.5. The maximum absolute atomic E-state index is 11.8. The zero-order valence-corrected chi connectivity index (χ0v) is 81.7. The molecule has 12 N–H and O–H groups in total. The minimum Gasteiger partial charge on any atom is -0.497 e. The van der Waals surface area contributed by atoms with Crippen molar-refractivity contribution < 1.29 is 9.53 Å². The second-order valence-corrected chi connectivity index (χ2v) is 34.9. The molecule has 0 spiro atoms. The van der Waals surface area contributed by atoms with Gasteiger partial charge in [-0.25, -0.2) is 89.7 Å². The van der Waals surface area contributed by atoms with Crippen molar-refractivity contribution in [2.75, 3.05) is 71.3 Å². The van der Waals surface area contributed by atoms with E-state index in [4.69, 9.17) is 90.9 Å². The summed E-state index contributed by atoms with van der Waals surface area (Å²) in [4.78, 5) is 112. The lowest BCUT2D eigenvalue weighted by molar-refractivity contribution is -0.118. The summed E-state index contributed by atoms with van der Waals surface area (Å²) in [5.41, 5.74) is 22.7. The zero-order chi connectivity index (χ0) is 98.5. The quantitative estimate of drug-likeness (QED) is 0.0300. The van der Waals surface area contributed by atoms with Crippen LogP contribution in [0.1, 0.15) is 30.5 Å². The molecule has 0 unspecified atom stereocenters. The van der Waals surface area contributed by atoms with Gasteiger partial charge in [-0.05, 0) is 120 Å². The van der Waals surface area contributed by atoms with Crippen LogP contribution in [0.4, 0.5) is 40.6 Å². The molecule has 19 heterocycles. The van der Waals surface area contributed by atoms with E-state index in [1.165, 1.54) is 48.3 Å². The van der Waals surface area contributed by atoms with Gasteiger partial charge in [0.25, 0.3) is 0 Å². The van der Waals surface area contributed by atoms with E-state index < -0.39 is 0 Å². The first-order chi connectivity index (χ1) is 69.9. The summed E-state index contributed by atoms with van der Waals surface area (Å²) in [6.07, 6.45) is 21.1. The number of carbonyl (C=O) groups is 1. The van der Waals surface area contributed by atoms with E-state index >= 15 is 0 Å². The number of nitrogens with one attached hydrogen (secondary N) is 12. The Morgan fingerprint density at radius 1 is 0.343 bits per heavy atom. The van der Waals surface area contributed by atoms with Gasteiger partial charge in [-0.3, -0.25) is 4.79 Å². The van der Waals surface area contributed by atoms with Gasteiger partial charge >= 0.3 is 0 Å². The summed E-state index contributed by atoms with van der Waals surface area (Å²) < 4.78 is 5.18. The zero-order valence-electron chi connectivity index (χ0n) is 76.4. The topological polar surface area (TPSA) is 428 Å². The molecule has 18 aromatic heterocycles. The number of anilines is 7. The number of nitrogens with zero attached hydrogens (tertiary/aromatic N) is 19. The first-order valence-corrected chi connectivity index (χ1v) is 47.6. The highest BCUT2D eigenvalue weighted by Gasteiger charge is 2.21. The summed E-state index contributed by atoms with van der Waals surface area (Å²) >= 11 is 41.9. The van der Waals surface area contributed by atoms with Crippen LogP contribution in [0, 0.1) is 5.92 Å². The average Bonchev–Trinajstić information content (AvgIpc) is 1.68. The van der Waals surface area contributed by atoms with Crippen LogP contribution in [0.3, 0.4) is 0 Å². The molecular weight excluding hydrogens is 1950 g/mol. The predicted octanol–water partition coefficient (Wildman–Crippen LogP) is 23.3. The van der Waals surface area contributed by atoms with Gasteiger partial charge in [0.15, 0.2) is 33.9 Å². The van der Waals surface area contributed by atoms with Gasteiger partial charge in [0.1, 0.15) is 105 Å². The van der Waals surface area contributed by atoms with E-state index in [9.17, 15) is 4.79 Å². The van der Waals surface area contributed by atoms with Crippen LogP contribution in [-0.2, 0) is 24.3 Å². The molecule has 0 radical (unpaired) electrons. The molecule has 23 rings (SSSR count). The Morgan fingerprint density at radius 3 is 1.04 bits per heavy atom. The average molecular weight is 2040 g/mol. The standard InChI is InChI=1S/C19H16ClN5O.C19H16ClN5.C18H14ClN5.C17H11Cl2N5.C15H15ClN6.C15H14ClN5O/c1-26-13-7-5-12(6-8-13)9-21-17-4-2-3-15(24-17)14-10-22-19-18(14)25-16(20)11-23-19;20-16-12-23-19-18(25-16)14(11-22-19)15-7-4-8-17(24-15)21-10-9-13-5-2-1-3-6-13;19-15-11-22-18-17(24-15)13(10-21-18)14-7-4-8-16(23-14)20-9-12-5-2-1-3-6-12;18-11-4-1-2-5-13(11)23-15-7-3-6-12(22-15)10-8-20-17-16(10)24-14(19)9-21-17;16-12-9-19-15-14(21-12)10(8-18-15)11-2-1-3-13(20-11)22-6-4-17-5-7-22;1-8(2)15(22)21-12-5-3-4-10(19-12)9-6-17-14-13(9)20-11(16)7-18-14/h2-8,10-11H,9H2,1H3,(H,21,24)(H,22,23);1-8,11-12H,9-10H2,(H,21,24)(H,22,23);1-8,10-11H,9H2,(H,20,23)(H,21,22);1-9H,(H,20,21)(H,22,23);1-3,8-9,17H,4-7H2,(H,18,19);3-8H,1-2H3,(H,17,18)(H,19,21,22). The van der Waals surface area contributed by atoms with Crippen LogP contribution < -0.4 is 41.5 Å². The molecule has 4 aromatic carbocycles. The van der Waals surface area contributed by atoms with Crippen LogP contribution in [0.25, 0.3) is 135 Å². The third kappa shape index (κ3) is 24.8. The highest BCUT2D eigenvalue weighted by Crippen LogP contribution is 2.36.